The maximum atomic E-state index is 14.4. The largest absolute Gasteiger partial charge is 0.379 e. The second kappa shape index (κ2) is 24.3. The number of carbonyl (C=O) groups excluding carboxylic acids is 5. The highest BCUT2D eigenvalue weighted by molar-refractivity contribution is 5.90. The second-order valence-electron chi connectivity index (χ2n) is 17.9. The molecule has 1 unspecified atom stereocenters. The van der Waals surface area contributed by atoms with Crippen LogP contribution in [-0.4, -0.2) is 129 Å². The third kappa shape index (κ3) is 14.1. The maximum absolute atomic E-state index is 14.4. The minimum absolute atomic E-state index is 0.00565. The summed E-state index contributed by atoms with van der Waals surface area (Å²) < 4.78 is 12.1. The summed E-state index contributed by atoms with van der Waals surface area (Å²) >= 11 is 0. The molecule has 2 aromatic carbocycles. The summed E-state index contributed by atoms with van der Waals surface area (Å²) in [5, 5.41) is 9.06. The molecule has 13 heteroatoms. The molecule has 0 saturated carbocycles. The lowest BCUT2D eigenvalue weighted by Crippen LogP contribution is -2.59. The van der Waals surface area contributed by atoms with Crippen LogP contribution in [0.4, 0.5) is 0 Å². The smallest absolute Gasteiger partial charge is 0.245 e. The van der Waals surface area contributed by atoms with Crippen LogP contribution < -0.4 is 16.0 Å². The van der Waals surface area contributed by atoms with Crippen LogP contribution in [0.5, 0.6) is 0 Å². The van der Waals surface area contributed by atoms with E-state index < -0.39 is 48.3 Å². The lowest BCUT2D eigenvalue weighted by molar-refractivity contribution is -0.148. The summed E-state index contributed by atoms with van der Waals surface area (Å²) in [4.78, 5) is 75.3. The van der Waals surface area contributed by atoms with E-state index in [-0.39, 0.29) is 53.7 Å². The molecule has 0 aliphatic carbocycles. The highest BCUT2D eigenvalue weighted by Crippen LogP contribution is 2.30. The number of aryl methyl sites for hydroxylation is 1. The highest BCUT2D eigenvalue weighted by Gasteiger charge is 2.43. The summed E-state index contributed by atoms with van der Waals surface area (Å²) in [6, 6.07) is 14.6. The van der Waals surface area contributed by atoms with Crippen LogP contribution in [0.3, 0.4) is 0 Å². The molecule has 1 fully saturated rings. The average molecular weight is 849 g/mol. The van der Waals surface area contributed by atoms with Crippen LogP contribution in [0.1, 0.15) is 90.8 Å². The third-order valence-corrected chi connectivity index (χ3v) is 12.4. The molecular formula is C48H76N6O7. The molecular weight excluding hydrogens is 773 g/mol. The first kappa shape index (κ1) is 51.0. The molecule has 1 aliphatic rings. The van der Waals surface area contributed by atoms with Crippen LogP contribution in [0, 0.1) is 30.6 Å². The Bertz CT molecular complexity index is 1700. The lowest BCUT2D eigenvalue weighted by Gasteiger charge is -2.41. The van der Waals surface area contributed by atoms with Crippen molar-refractivity contribution in [1.29, 1.82) is 0 Å². The van der Waals surface area contributed by atoms with Crippen molar-refractivity contribution in [3.05, 3.63) is 71.3 Å². The fourth-order valence-electron chi connectivity index (χ4n) is 8.79. The van der Waals surface area contributed by atoms with Crippen molar-refractivity contribution in [2.75, 3.05) is 41.9 Å². The molecule has 340 valence electrons. The highest BCUT2D eigenvalue weighted by atomic mass is 16.5. The molecule has 1 saturated heterocycles. The maximum Gasteiger partial charge on any atom is 0.245 e. The number of ether oxygens (including phenoxy) is 2. The molecule has 3 N–H and O–H groups in total. The molecule has 5 amide bonds. The van der Waals surface area contributed by atoms with E-state index in [1.807, 2.05) is 122 Å². The van der Waals surface area contributed by atoms with E-state index >= 15 is 0 Å². The van der Waals surface area contributed by atoms with Crippen LogP contribution in [0.15, 0.2) is 54.6 Å². The van der Waals surface area contributed by atoms with Gasteiger partial charge in [0.15, 0.2) is 0 Å². The third-order valence-electron chi connectivity index (χ3n) is 12.4. The van der Waals surface area contributed by atoms with Gasteiger partial charge in [-0.25, -0.2) is 0 Å². The number of likely N-dealkylation sites (tertiary alicyclic amines) is 1. The molecule has 0 bridgehead atoms. The monoisotopic (exact) mass is 849 g/mol. The normalized spacial score (nSPS) is 18.2. The van der Waals surface area contributed by atoms with E-state index in [2.05, 4.69) is 16.0 Å². The zero-order valence-electron chi connectivity index (χ0n) is 39.2. The Labute approximate surface area is 366 Å². The summed E-state index contributed by atoms with van der Waals surface area (Å²) in [7, 11) is 8.56. The quantitative estimate of drug-likeness (QED) is 0.142. The van der Waals surface area contributed by atoms with Crippen molar-refractivity contribution in [1.82, 2.24) is 30.7 Å². The minimum Gasteiger partial charge on any atom is -0.379 e. The van der Waals surface area contributed by atoms with Crippen molar-refractivity contribution in [2.24, 2.45) is 23.7 Å². The number of likely N-dealkylation sites (N-methyl/N-ethyl adjacent to an activating group) is 2. The van der Waals surface area contributed by atoms with E-state index in [4.69, 9.17) is 9.47 Å². The summed E-state index contributed by atoms with van der Waals surface area (Å²) in [6.45, 7) is 16.5. The number of hydrogen-bond acceptors (Lipinski definition) is 8. The Morgan fingerprint density at radius 1 is 0.803 bits per heavy atom. The first-order valence-corrected chi connectivity index (χ1v) is 22.1. The number of carbonyl (C=O) groups is 5. The number of rotatable bonds is 23. The van der Waals surface area contributed by atoms with Gasteiger partial charge in [-0.15, -0.1) is 0 Å². The predicted octanol–water partition coefficient (Wildman–Crippen LogP) is 4.99. The van der Waals surface area contributed by atoms with E-state index in [0.29, 0.717) is 25.9 Å². The minimum atomic E-state index is -0.838. The average Bonchev–Trinajstić information content (AvgIpc) is 3.71. The van der Waals surface area contributed by atoms with Crippen molar-refractivity contribution >= 4 is 29.5 Å². The molecule has 1 aliphatic heterocycles. The zero-order chi connectivity index (χ0) is 45.6. The van der Waals surface area contributed by atoms with Gasteiger partial charge in [-0.3, -0.25) is 28.9 Å². The van der Waals surface area contributed by atoms with Crippen molar-refractivity contribution in [3.63, 3.8) is 0 Å². The van der Waals surface area contributed by atoms with E-state index in [1.54, 1.807) is 38.0 Å². The second-order valence-corrected chi connectivity index (χ2v) is 17.9. The van der Waals surface area contributed by atoms with Gasteiger partial charge in [0, 0.05) is 40.8 Å². The van der Waals surface area contributed by atoms with Gasteiger partial charge in [0.2, 0.25) is 29.5 Å². The number of hydrogen-bond donors (Lipinski definition) is 3. The van der Waals surface area contributed by atoms with Gasteiger partial charge in [-0.05, 0) is 62.7 Å². The van der Waals surface area contributed by atoms with Crippen molar-refractivity contribution in [2.45, 2.75) is 136 Å². The fraction of sp³-hybridized carbons (Fsp3) is 0.646. The standard InChI is InChI=1S/C48H76N6O7/c1-14-33(7)43(53(11)48(59)41(30(2)3)51-47(58)42(31(4)5)52(9)10)39(60-12)28-40(55)54-26-18-21-38(54)44(61-13)34(8)45(56)50-37(27-35-19-16-15-17-20-35)46(57)49-29-36-24-22-32(6)23-25-36/h15-17,19-20,22-25,30-31,33-34,37-39,41-44H,14,18,21,26-29H2,1-13H3,(H,49,57)(H,50,56)(H,51,58)/t33-,34+,37?,38-,39+,41-,42-,43-,44+/m0/s1. The van der Waals surface area contributed by atoms with Gasteiger partial charge in [-0.1, -0.05) is 115 Å². The summed E-state index contributed by atoms with van der Waals surface area (Å²) in [6.07, 6.45) is 1.10. The molecule has 0 spiro atoms. The van der Waals surface area contributed by atoms with Gasteiger partial charge in [0.1, 0.15) is 12.1 Å². The van der Waals surface area contributed by atoms with Crippen LogP contribution in [0.25, 0.3) is 0 Å². The first-order valence-electron chi connectivity index (χ1n) is 22.1. The zero-order valence-corrected chi connectivity index (χ0v) is 39.2. The Morgan fingerprint density at radius 2 is 1.44 bits per heavy atom. The Hall–Kier alpha value is -4.33. The number of methoxy groups -OCH3 is 2. The predicted molar refractivity (Wildman–Crippen MR) is 240 cm³/mol. The molecule has 9 atom stereocenters. The molecule has 3 rings (SSSR count). The van der Waals surface area contributed by atoms with Crippen LogP contribution in [0.2, 0.25) is 0 Å². The SMILES string of the molecule is CC[C@H](C)[C@@H]([C@@H](CC(=O)N1CCC[C@H]1[C@H](OC)[C@@H](C)C(=O)NC(Cc1ccccc1)C(=O)NCc1ccc(C)cc1)OC)N(C)C(=O)[C@@H](NC(=O)[C@H](C(C)C)N(C)C)C(C)C. The Balaban J connectivity index is 1.79. The molecule has 2 aromatic rings. The number of nitrogens with one attached hydrogen (secondary N) is 3. The molecule has 0 aromatic heterocycles. The van der Waals surface area contributed by atoms with Gasteiger partial charge in [0.05, 0.1) is 42.7 Å². The fourth-order valence-corrected chi connectivity index (χ4v) is 8.79. The van der Waals surface area contributed by atoms with Gasteiger partial charge >= 0.3 is 0 Å². The van der Waals surface area contributed by atoms with Crippen LogP contribution in [-0.2, 0) is 46.4 Å². The molecule has 61 heavy (non-hydrogen) atoms. The van der Waals surface area contributed by atoms with E-state index in [9.17, 15) is 24.0 Å². The topological polar surface area (TPSA) is 150 Å². The number of amides is 5. The molecule has 0 radical (unpaired) electrons. The Kier molecular flexibility index (Phi) is 20.4. The number of benzene rings is 2. The Morgan fingerprint density at radius 3 is 1.98 bits per heavy atom. The molecule has 13 nitrogen and oxygen atoms in total. The van der Waals surface area contributed by atoms with Crippen LogP contribution >= 0.6 is 0 Å². The molecule has 1 heterocycles. The van der Waals surface area contributed by atoms with E-state index in [0.717, 1.165) is 29.5 Å². The van der Waals surface area contributed by atoms with Gasteiger partial charge in [-0.2, -0.15) is 0 Å². The van der Waals surface area contributed by atoms with Crippen molar-refractivity contribution < 1.29 is 33.4 Å². The van der Waals surface area contributed by atoms with Gasteiger partial charge < -0.3 is 35.2 Å². The lowest BCUT2D eigenvalue weighted by atomic mass is 9.89. The summed E-state index contributed by atoms with van der Waals surface area (Å²) in [5.41, 5.74) is 2.99. The first-order chi connectivity index (χ1) is 28.9. The van der Waals surface area contributed by atoms with Gasteiger partial charge in [0.25, 0.3) is 0 Å². The van der Waals surface area contributed by atoms with E-state index in [1.165, 1.54) is 0 Å². The van der Waals surface area contributed by atoms with Crippen molar-refractivity contribution in [3.8, 4) is 0 Å². The summed E-state index contributed by atoms with van der Waals surface area (Å²) in [5.74, 6) is -2.13. The number of nitrogens with zero attached hydrogens (tertiary/aromatic N) is 3.